The molecule has 4 rings (SSSR count). The fourth-order valence-electron chi connectivity index (χ4n) is 5.97. The van der Waals surface area contributed by atoms with E-state index in [0.717, 1.165) is 16.4 Å². The molecule has 1 aromatic rings. The number of sulfonamides is 1. The number of aliphatic hydroxyl groups is 1. The average molecular weight is 466 g/mol. The van der Waals surface area contributed by atoms with Crippen LogP contribution in [0.1, 0.15) is 69.9 Å². The normalized spacial score (nSPS) is 34.8. The second kappa shape index (κ2) is 7.64. The van der Waals surface area contributed by atoms with Gasteiger partial charge in [0.25, 0.3) is 0 Å². The van der Waals surface area contributed by atoms with Crippen molar-refractivity contribution in [3.63, 3.8) is 0 Å². The molecule has 3 aliphatic rings. The van der Waals surface area contributed by atoms with Gasteiger partial charge in [-0.25, -0.2) is 21.6 Å². The van der Waals surface area contributed by atoms with Crippen molar-refractivity contribution in [2.75, 3.05) is 5.75 Å². The number of benzene rings is 1. The molecule has 0 heterocycles. The molecule has 9 heteroatoms. The van der Waals surface area contributed by atoms with Crippen LogP contribution in [-0.2, 0) is 10.0 Å². The van der Waals surface area contributed by atoms with Crippen molar-refractivity contribution in [1.29, 1.82) is 0 Å². The van der Waals surface area contributed by atoms with Crippen LogP contribution < -0.4 is 0 Å². The van der Waals surface area contributed by atoms with E-state index in [1.807, 2.05) is 0 Å². The largest absolute Gasteiger partial charge is 0.391 e. The molecule has 0 saturated heterocycles. The summed E-state index contributed by atoms with van der Waals surface area (Å²) in [5.41, 5.74) is -2.81. The highest BCUT2D eigenvalue weighted by atomic mass is 35.5. The standard InChI is InChI=1S/C21H27ClF3NO3S/c1-2-30(28,29)26(15-4-3-5-16(15)27)19(17-14(23)7-6-13(22)18(17)24)20-8-10-21(25,12-20)11-9-20/h6-7,15-16,19,27H,2-5,8-12H2,1H3/t15-,16+,19-,20?,21?/m1/s1. The summed E-state index contributed by atoms with van der Waals surface area (Å²) in [5, 5.41) is 10.3. The molecule has 3 fully saturated rings. The van der Waals surface area contributed by atoms with E-state index in [-0.39, 0.29) is 30.0 Å². The van der Waals surface area contributed by atoms with Crippen molar-refractivity contribution in [3.8, 4) is 0 Å². The van der Waals surface area contributed by atoms with Crippen molar-refractivity contribution in [1.82, 2.24) is 4.31 Å². The Hall–Kier alpha value is -0.830. The van der Waals surface area contributed by atoms with Gasteiger partial charge < -0.3 is 5.11 Å². The average Bonchev–Trinajstić information content (AvgIpc) is 3.37. The summed E-state index contributed by atoms with van der Waals surface area (Å²) in [6.07, 6.45) is 1.65. The van der Waals surface area contributed by atoms with Crippen molar-refractivity contribution in [2.45, 2.75) is 82.1 Å². The third-order valence-corrected chi connectivity index (χ3v) is 9.60. The Morgan fingerprint density at radius 2 is 1.90 bits per heavy atom. The van der Waals surface area contributed by atoms with Crippen LogP contribution in [0.3, 0.4) is 0 Å². The van der Waals surface area contributed by atoms with E-state index in [9.17, 15) is 13.5 Å². The van der Waals surface area contributed by atoms with Gasteiger partial charge in [-0.1, -0.05) is 11.6 Å². The van der Waals surface area contributed by atoms with Gasteiger partial charge in [-0.3, -0.25) is 0 Å². The minimum Gasteiger partial charge on any atom is -0.391 e. The van der Waals surface area contributed by atoms with E-state index in [2.05, 4.69) is 0 Å². The van der Waals surface area contributed by atoms with E-state index in [1.54, 1.807) is 0 Å². The Balaban J connectivity index is 1.96. The van der Waals surface area contributed by atoms with Crippen molar-refractivity contribution in [2.24, 2.45) is 5.41 Å². The fraction of sp³-hybridized carbons (Fsp3) is 0.714. The van der Waals surface area contributed by atoms with Crippen LogP contribution in [0.4, 0.5) is 13.2 Å². The maximum absolute atomic E-state index is 15.3. The van der Waals surface area contributed by atoms with E-state index >= 15 is 13.2 Å². The molecule has 0 aromatic heterocycles. The van der Waals surface area contributed by atoms with Crippen molar-refractivity contribution < 1.29 is 26.7 Å². The lowest BCUT2D eigenvalue weighted by Crippen LogP contribution is -2.52. The lowest BCUT2D eigenvalue weighted by atomic mass is 9.73. The van der Waals surface area contributed by atoms with E-state index in [0.29, 0.717) is 32.1 Å². The number of halogens is 4. The van der Waals surface area contributed by atoms with E-state index in [4.69, 9.17) is 11.6 Å². The van der Waals surface area contributed by atoms with Crippen LogP contribution >= 0.6 is 11.6 Å². The zero-order valence-corrected chi connectivity index (χ0v) is 18.5. The molecule has 0 aliphatic heterocycles. The monoisotopic (exact) mass is 465 g/mol. The summed E-state index contributed by atoms with van der Waals surface area (Å²) in [4.78, 5) is 0. The molecule has 2 bridgehead atoms. The van der Waals surface area contributed by atoms with Gasteiger partial charge in [0.05, 0.1) is 29.0 Å². The van der Waals surface area contributed by atoms with Crippen LogP contribution in [0.2, 0.25) is 5.02 Å². The highest BCUT2D eigenvalue weighted by Crippen LogP contribution is 2.66. The molecule has 1 aromatic carbocycles. The molecule has 0 unspecified atom stereocenters. The fourth-order valence-corrected chi connectivity index (χ4v) is 7.74. The first-order valence-electron chi connectivity index (χ1n) is 10.6. The predicted molar refractivity (Wildman–Crippen MR) is 108 cm³/mol. The second-order valence-corrected chi connectivity index (χ2v) is 11.7. The minimum absolute atomic E-state index is 0.0502. The van der Waals surface area contributed by atoms with E-state index in [1.165, 1.54) is 6.92 Å². The van der Waals surface area contributed by atoms with Crippen LogP contribution in [-0.4, -0.2) is 41.4 Å². The zero-order chi connectivity index (χ0) is 21.9. The summed E-state index contributed by atoms with van der Waals surface area (Å²) in [5.74, 6) is -2.20. The Labute approximate surface area is 180 Å². The molecule has 3 atom stereocenters. The summed E-state index contributed by atoms with van der Waals surface area (Å²) in [6.45, 7) is 1.46. The Morgan fingerprint density at radius 1 is 1.23 bits per heavy atom. The summed E-state index contributed by atoms with van der Waals surface area (Å²) in [6, 6.07) is 0.0658. The van der Waals surface area contributed by atoms with Gasteiger partial charge in [0.1, 0.15) is 17.3 Å². The van der Waals surface area contributed by atoms with Crippen molar-refractivity contribution in [3.05, 3.63) is 34.4 Å². The van der Waals surface area contributed by atoms with Gasteiger partial charge in [0, 0.05) is 5.56 Å². The SMILES string of the molecule is CCS(=O)(=O)N([C@@H]1CCC[C@@H]1O)[C@H](c1c(F)ccc(Cl)c1F)C12CCC(F)(CC1)C2. The highest BCUT2D eigenvalue weighted by molar-refractivity contribution is 7.89. The molecule has 30 heavy (non-hydrogen) atoms. The summed E-state index contributed by atoms with van der Waals surface area (Å²) < 4.78 is 73.3. The van der Waals surface area contributed by atoms with Gasteiger partial charge >= 0.3 is 0 Å². The number of nitrogens with zero attached hydrogens (tertiary/aromatic N) is 1. The smallest absolute Gasteiger partial charge is 0.214 e. The number of hydrogen-bond acceptors (Lipinski definition) is 3. The number of rotatable bonds is 6. The second-order valence-electron chi connectivity index (χ2n) is 9.15. The maximum Gasteiger partial charge on any atom is 0.214 e. The van der Waals surface area contributed by atoms with Crippen LogP contribution in [0.25, 0.3) is 0 Å². The molecule has 1 N–H and O–H groups in total. The maximum atomic E-state index is 15.3. The van der Waals surface area contributed by atoms with Gasteiger partial charge in [-0.2, -0.15) is 4.31 Å². The minimum atomic E-state index is -3.98. The number of alkyl halides is 1. The first-order valence-corrected chi connectivity index (χ1v) is 12.5. The van der Waals surface area contributed by atoms with Crippen LogP contribution in [0, 0.1) is 17.0 Å². The molecular formula is C21H27ClF3NO3S. The Morgan fingerprint density at radius 3 is 2.40 bits per heavy atom. The third kappa shape index (κ3) is 3.48. The molecule has 3 saturated carbocycles. The van der Waals surface area contributed by atoms with Crippen LogP contribution in [0.5, 0.6) is 0 Å². The quantitative estimate of drug-likeness (QED) is 0.608. The lowest BCUT2D eigenvalue weighted by molar-refractivity contribution is 0.0436. The first kappa shape index (κ1) is 22.4. The molecule has 0 spiro atoms. The van der Waals surface area contributed by atoms with Gasteiger partial charge in [-0.15, -0.1) is 0 Å². The van der Waals surface area contributed by atoms with Gasteiger partial charge in [-0.05, 0) is 75.8 Å². The first-order chi connectivity index (χ1) is 14.0. The zero-order valence-electron chi connectivity index (χ0n) is 16.9. The topological polar surface area (TPSA) is 57.6 Å². The lowest BCUT2D eigenvalue weighted by Gasteiger charge is -2.45. The van der Waals surface area contributed by atoms with Gasteiger partial charge in [0.15, 0.2) is 0 Å². The van der Waals surface area contributed by atoms with E-state index < -0.39 is 56.5 Å². The molecule has 0 amide bonds. The van der Waals surface area contributed by atoms with Gasteiger partial charge in [0.2, 0.25) is 10.0 Å². The number of fused-ring (bicyclic) bond motifs is 2. The van der Waals surface area contributed by atoms with Crippen LogP contribution in [0.15, 0.2) is 12.1 Å². The summed E-state index contributed by atoms with van der Waals surface area (Å²) in [7, 11) is -3.98. The highest BCUT2D eigenvalue weighted by Gasteiger charge is 2.62. The molecule has 168 valence electrons. The van der Waals surface area contributed by atoms with Crippen molar-refractivity contribution >= 4 is 21.6 Å². The summed E-state index contributed by atoms with van der Waals surface area (Å²) >= 11 is 5.97. The number of hydrogen-bond donors (Lipinski definition) is 1. The predicted octanol–water partition coefficient (Wildman–Crippen LogP) is 4.90. The Kier molecular flexibility index (Phi) is 5.70. The Bertz CT molecular complexity index is 934. The molecule has 3 aliphatic carbocycles. The molecule has 0 radical (unpaired) electrons. The number of aliphatic hydroxyl groups excluding tert-OH is 1. The third-order valence-electron chi connectivity index (χ3n) is 7.45. The molecular weight excluding hydrogens is 439 g/mol. The molecule has 4 nitrogen and oxygen atoms in total.